The molecule has 4 saturated carbocycles. The molecule has 2 aromatic rings. The van der Waals surface area contributed by atoms with E-state index in [0.29, 0.717) is 10.7 Å². The molecular weight excluding hydrogens is 382 g/mol. The minimum Gasteiger partial charge on any atom is -0.264 e. The summed E-state index contributed by atoms with van der Waals surface area (Å²) < 4.78 is 30.4. The van der Waals surface area contributed by atoms with E-state index in [0.717, 1.165) is 37.0 Å². The zero-order valence-electron chi connectivity index (χ0n) is 17.2. The molecule has 1 N–H and O–H groups in total. The van der Waals surface area contributed by atoms with Crippen molar-refractivity contribution in [3.63, 3.8) is 0 Å². The molecule has 0 unspecified atom stereocenters. The molecule has 0 spiro atoms. The lowest BCUT2D eigenvalue weighted by Crippen LogP contribution is -2.52. The predicted molar refractivity (Wildman–Crippen MR) is 114 cm³/mol. The van der Waals surface area contributed by atoms with E-state index in [1.165, 1.54) is 44.1 Å². The molecule has 4 fully saturated rings. The van der Waals surface area contributed by atoms with Crippen LogP contribution in [0.5, 0.6) is 0 Å². The Hall–Kier alpha value is -1.82. The molecule has 6 rings (SSSR count). The van der Waals surface area contributed by atoms with Crippen LogP contribution in [-0.2, 0) is 22.0 Å². The molecule has 1 heterocycles. The molecule has 0 aliphatic heterocycles. The van der Waals surface area contributed by atoms with Crippen molar-refractivity contribution in [2.75, 3.05) is 4.72 Å². The highest BCUT2D eigenvalue weighted by atomic mass is 32.2. The van der Waals surface area contributed by atoms with Crippen LogP contribution >= 0.6 is 0 Å². The molecule has 1 aromatic carbocycles. The number of sulfonamides is 1. The number of nitrogens with zero attached hydrogens (tertiary/aromatic N) is 2. The van der Waals surface area contributed by atoms with Gasteiger partial charge in [0.2, 0.25) is 0 Å². The highest BCUT2D eigenvalue weighted by Gasteiger charge is 2.52. The fourth-order valence-electron chi connectivity index (χ4n) is 6.40. The van der Waals surface area contributed by atoms with E-state index >= 15 is 0 Å². The van der Waals surface area contributed by atoms with Gasteiger partial charge in [0.1, 0.15) is 0 Å². The van der Waals surface area contributed by atoms with Gasteiger partial charge in [-0.1, -0.05) is 25.5 Å². The number of aromatic nitrogens is 2. The van der Waals surface area contributed by atoms with Crippen LogP contribution in [0, 0.1) is 17.8 Å². The summed E-state index contributed by atoms with van der Waals surface area (Å²) in [6.45, 7) is 2.16. The van der Waals surface area contributed by atoms with Gasteiger partial charge in [-0.2, -0.15) is 5.10 Å². The van der Waals surface area contributed by atoms with Crippen LogP contribution < -0.4 is 4.72 Å². The fraction of sp³-hybridized carbons (Fsp3) is 0.609. The Kier molecular flexibility index (Phi) is 4.72. The van der Waals surface area contributed by atoms with Gasteiger partial charge in [0.15, 0.2) is 5.82 Å². The molecule has 0 radical (unpaired) electrons. The Labute approximate surface area is 173 Å². The number of nitrogens with one attached hydrogen (secondary N) is 1. The fourth-order valence-corrected chi connectivity index (χ4v) is 7.40. The molecule has 4 aliphatic carbocycles. The van der Waals surface area contributed by atoms with Crippen LogP contribution in [0.25, 0.3) is 0 Å². The van der Waals surface area contributed by atoms with Crippen molar-refractivity contribution >= 4 is 15.8 Å². The average molecular weight is 414 g/mol. The van der Waals surface area contributed by atoms with E-state index in [-0.39, 0.29) is 5.54 Å². The van der Waals surface area contributed by atoms with Crippen molar-refractivity contribution < 1.29 is 8.42 Å². The van der Waals surface area contributed by atoms with Crippen molar-refractivity contribution in [3.8, 4) is 0 Å². The second kappa shape index (κ2) is 7.15. The van der Waals surface area contributed by atoms with Crippen molar-refractivity contribution in [1.82, 2.24) is 9.78 Å². The maximum Gasteiger partial charge on any atom is 0.263 e. The number of aryl methyl sites for hydroxylation is 1. The molecule has 0 saturated heterocycles. The smallest absolute Gasteiger partial charge is 0.263 e. The van der Waals surface area contributed by atoms with E-state index in [2.05, 4.69) is 16.3 Å². The number of unbranched alkanes of at least 4 members (excludes halogenated alkanes) is 1. The van der Waals surface area contributed by atoms with Gasteiger partial charge < -0.3 is 0 Å². The minimum absolute atomic E-state index is 0.110. The third-order valence-electron chi connectivity index (χ3n) is 7.37. The first kappa shape index (κ1) is 19.2. The molecule has 156 valence electrons. The van der Waals surface area contributed by atoms with Crippen molar-refractivity contribution in [1.29, 1.82) is 0 Å². The summed E-state index contributed by atoms with van der Waals surface area (Å²) in [5, 5.41) is 4.70. The van der Waals surface area contributed by atoms with E-state index < -0.39 is 10.0 Å². The van der Waals surface area contributed by atoms with Gasteiger partial charge >= 0.3 is 0 Å². The quantitative estimate of drug-likeness (QED) is 0.698. The normalized spacial score (nSPS) is 30.6. The summed E-state index contributed by atoms with van der Waals surface area (Å²) in [5.41, 5.74) is 1.29. The first-order valence-corrected chi connectivity index (χ1v) is 12.6. The van der Waals surface area contributed by atoms with Crippen LogP contribution in [0.2, 0.25) is 0 Å². The number of rotatable bonds is 7. The van der Waals surface area contributed by atoms with E-state index in [9.17, 15) is 8.42 Å². The van der Waals surface area contributed by atoms with Gasteiger partial charge in [-0.3, -0.25) is 9.40 Å². The summed E-state index contributed by atoms with van der Waals surface area (Å²) >= 11 is 0. The molecule has 5 nitrogen and oxygen atoms in total. The van der Waals surface area contributed by atoms with Gasteiger partial charge in [0.25, 0.3) is 10.0 Å². The lowest BCUT2D eigenvalue weighted by Gasteiger charge is -2.56. The Morgan fingerprint density at radius 3 is 2.24 bits per heavy atom. The Balaban J connectivity index is 1.32. The monoisotopic (exact) mass is 413 g/mol. The van der Waals surface area contributed by atoms with Crippen LogP contribution in [0.15, 0.2) is 41.4 Å². The van der Waals surface area contributed by atoms with Crippen molar-refractivity contribution in [2.24, 2.45) is 17.8 Å². The molecule has 29 heavy (non-hydrogen) atoms. The average Bonchev–Trinajstić information content (AvgIpc) is 3.14. The number of benzene rings is 1. The maximum atomic E-state index is 12.8. The Morgan fingerprint density at radius 1 is 1.03 bits per heavy atom. The summed E-state index contributed by atoms with van der Waals surface area (Å²) in [7, 11) is -3.62. The van der Waals surface area contributed by atoms with Crippen LogP contribution in [0.4, 0.5) is 5.82 Å². The van der Waals surface area contributed by atoms with Crippen LogP contribution in [0.1, 0.15) is 63.9 Å². The van der Waals surface area contributed by atoms with Crippen LogP contribution in [0.3, 0.4) is 0 Å². The molecule has 6 heteroatoms. The van der Waals surface area contributed by atoms with Gasteiger partial charge in [-0.05, 0) is 86.8 Å². The zero-order valence-corrected chi connectivity index (χ0v) is 18.0. The third kappa shape index (κ3) is 3.60. The SMILES string of the molecule is CCCCc1ccc(S(=O)(=O)Nc2ccn(C34CC5CC(CC(C5)C3)C4)n2)cc1. The van der Waals surface area contributed by atoms with Gasteiger partial charge in [0.05, 0.1) is 10.4 Å². The zero-order chi connectivity index (χ0) is 20.1. The van der Waals surface area contributed by atoms with Crippen LogP contribution in [-0.4, -0.2) is 18.2 Å². The van der Waals surface area contributed by atoms with Crippen molar-refractivity contribution in [2.45, 2.75) is 75.1 Å². The standard InChI is InChI=1S/C23H31N3O2S/c1-2-3-4-17-5-7-21(8-6-17)29(27,28)25-22-9-10-26(24-22)23-14-18-11-19(15-23)13-20(12-18)16-23/h5-10,18-20H,2-4,11-16H2,1H3,(H,24,25). The second-order valence-electron chi connectivity index (χ2n) is 9.64. The molecule has 0 atom stereocenters. The molecule has 4 aliphatic rings. The van der Waals surface area contributed by atoms with E-state index in [1.807, 2.05) is 24.4 Å². The van der Waals surface area contributed by atoms with E-state index in [1.54, 1.807) is 12.1 Å². The summed E-state index contributed by atoms with van der Waals surface area (Å²) in [4.78, 5) is 0.294. The molecule has 4 bridgehead atoms. The van der Waals surface area contributed by atoms with Gasteiger partial charge in [-0.15, -0.1) is 0 Å². The predicted octanol–water partition coefficient (Wildman–Crippen LogP) is 4.95. The topological polar surface area (TPSA) is 64.0 Å². The number of hydrogen-bond acceptors (Lipinski definition) is 3. The third-order valence-corrected chi connectivity index (χ3v) is 8.74. The van der Waals surface area contributed by atoms with Gasteiger partial charge in [-0.25, -0.2) is 8.42 Å². The first-order chi connectivity index (χ1) is 14.0. The largest absolute Gasteiger partial charge is 0.264 e. The number of hydrogen-bond donors (Lipinski definition) is 1. The lowest BCUT2D eigenvalue weighted by molar-refractivity contribution is -0.0492. The highest BCUT2D eigenvalue weighted by molar-refractivity contribution is 7.92. The lowest BCUT2D eigenvalue weighted by atomic mass is 9.53. The summed E-state index contributed by atoms with van der Waals surface area (Å²) in [6.07, 6.45) is 13.0. The maximum absolute atomic E-state index is 12.8. The molecule has 0 amide bonds. The first-order valence-electron chi connectivity index (χ1n) is 11.1. The highest BCUT2D eigenvalue weighted by Crippen LogP contribution is 2.58. The van der Waals surface area contributed by atoms with Crippen molar-refractivity contribution in [3.05, 3.63) is 42.1 Å². The second-order valence-corrected chi connectivity index (χ2v) is 11.3. The molecular formula is C23H31N3O2S. The minimum atomic E-state index is -3.62. The summed E-state index contributed by atoms with van der Waals surface area (Å²) in [5.74, 6) is 2.92. The summed E-state index contributed by atoms with van der Waals surface area (Å²) in [6, 6.07) is 9.04. The number of anilines is 1. The van der Waals surface area contributed by atoms with E-state index in [4.69, 9.17) is 5.10 Å². The Morgan fingerprint density at radius 2 is 1.66 bits per heavy atom. The van der Waals surface area contributed by atoms with Gasteiger partial charge in [0, 0.05) is 12.3 Å². The Bertz CT molecular complexity index is 943. The molecule has 1 aromatic heterocycles.